The lowest BCUT2D eigenvalue weighted by molar-refractivity contribution is 0.370. The normalized spacial score (nSPS) is 21.8. The summed E-state index contributed by atoms with van der Waals surface area (Å²) in [4.78, 5) is 0. The minimum Gasteiger partial charge on any atom is -0.416 e. The average molecular weight is 227 g/mol. The monoisotopic (exact) mass is 227 g/mol. The fourth-order valence-corrected chi connectivity index (χ4v) is 2.72. The van der Waals surface area contributed by atoms with Crippen molar-refractivity contribution in [1.82, 2.24) is 15.5 Å². The predicted octanol–water partition coefficient (Wildman–Crippen LogP) is 1.86. The number of piperidine rings is 1. The Morgan fingerprint density at radius 2 is 2.47 bits per heavy atom. The molecule has 84 valence electrons. The van der Waals surface area contributed by atoms with Crippen molar-refractivity contribution in [3.8, 4) is 0 Å². The molecule has 1 saturated heterocycles. The van der Waals surface area contributed by atoms with Crippen LogP contribution in [0.3, 0.4) is 0 Å². The van der Waals surface area contributed by atoms with Crippen molar-refractivity contribution in [3.05, 3.63) is 5.89 Å². The van der Waals surface area contributed by atoms with Gasteiger partial charge in [0.2, 0.25) is 5.89 Å². The maximum absolute atomic E-state index is 5.30. The van der Waals surface area contributed by atoms with Crippen LogP contribution < -0.4 is 5.32 Å². The second-order valence-corrected chi connectivity index (χ2v) is 4.98. The highest BCUT2D eigenvalue weighted by atomic mass is 32.2. The van der Waals surface area contributed by atoms with Crippen LogP contribution in [-0.4, -0.2) is 29.0 Å². The van der Waals surface area contributed by atoms with Crippen LogP contribution in [0, 0.1) is 12.8 Å². The third kappa shape index (κ3) is 3.50. The summed E-state index contributed by atoms with van der Waals surface area (Å²) in [5.74, 6) is 2.56. The van der Waals surface area contributed by atoms with Gasteiger partial charge in [-0.15, -0.1) is 10.2 Å². The molecule has 0 aromatic carbocycles. The van der Waals surface area contributed by atoms with E-state index in [1.54, 1.807) is 11.8 Å². The van der Waals surface area contributed by atoms with Gasteiger partial charge in [-0.25, -0.2) is 0 Å². The van der Waals surface area contributed by atoms with E-state index in [1.807, 2.05) is 6.92 Å². The third-order valence-corrected chi connectivity index (χ3v) is 3.51. The van der Waals surface area contributed by atoms with E-state index in [2.05, 4.69) is 15.5 Å². The van der Waals surface area contributed by atoms with E-state index in [1.165, 1.54) is 32.4 Å². The molecule has 0 aliphatic carbocycles. The van der Waals surface area contributed by atoms with Gasteiger partial charge in [0.15, 0.2) is 0 Å². The molecular weight excluding hydrogens is 210 g/mol. The molecule has 15 heavy (non-hydrogen) atoms. The van der Waals surface area contributed by atoms with Crippen LogP contribution in [0.25, 0.3) is 0 Å². The zero-order valence-electron chi connectivity index (χ0n) is 9.03. The number of aryl methyl sites for hydroxylation is 1. The third-order valence-electron chi connectivity index (χ3n) is 2.66. The summed E-state index contributed by atoms with van der Waals surface area (Å²) in [7, 11) is 0. The van der Waals surface area contributed by atoms with Crippen molar-refractivity contribution in [2.45, 2.75) is 31.4 Å². The SMILES string of the molecule is Cc1nnc(SCCC2CCCNC2)o1. The van der Waals surface area contributed by atoms with Crippen molar-refractivity contribution in [2.75, 3.05) is 18.8 Å². The standard InChI is InChI=1S/C10H17N3OS/c1-8-12-13-10(14-8)15-6-4-9-3-2-5-11-7-9/h9,11H,2-7H2,1H3. The average Bonchev–Trinajstić information content (AvgIpc) is 2.66. The van der Waals surface area contributed by atoms with Gasteiger partial charge in [-0.2, -0.15) is 0 Å². The molecule has 1 N–H and O–H groups in total. The summed E-state index contributed by atoms with van der Waals surface area (Å²) in [5, 5.41) is 11.9. The highest BCUT2D eigenvalue weighted by molar-refractivity contribution is 7.99. The molecule has 1 aromatic heterocycles. The van der Waals surface area contributed by atoms with Crippen LogP contribution in [0.2, 0.25) is 0 Å². The maximum Gasteiger partial charge on any atom is 0.276 e. The number of aromatic nitrogens is 2. The molecule has 5 heteroatoms. The van der Waals surface area contributed by atoms with Gasteiger partial charge in [0, 0.05) is 12.7 Å². The first-order chi connectivity index (χ1) is 7.34. The van der Waals surface area contributed by atoms with Gasteiger partial charge in [-0.05, 0) is 38.3 Å². The smallest absolute Gasteiger partial charge is 0.276 e. The van der Waals surface area contributed by atoms with Crippen LogP contribution in [0.4, 0.5) is 0 Å². The first-order valence-electron chi connectivity index (χ1n) is 5.48. The van der Waals surface area contributed by atoms with Crippen molar-refractivity contribution >= 4 is 11.8 Å². The molecule has 0 saturated carbocycles. The second-order valence-electron chi connectivity index (χ2n) is 3.94. The highest BCUT2D eigenvalue weighted by Gasteiger charge is 2.13. The summed E-state index contributed by atoms with van der Waals surface area (Å²) >= 11 is 1.67. The maximum atomic E-state index is 5.30. The van der Waals surface area contributed by atoms with Crippen LogP contribution in [-0.2, 0) is 0 Å². The van der Waals surface area contributed by atoms with E-state index in [0.29, 0.717) is 11.1 Å². The topological polar surface area (TPSA) is 51.0 Å². The number of nitrogens with zero attached hydrogens (tertiary/aromatic N) is 2. The Morgan fingerprint density at radius 3 is 3.13 bits per heavy atom. The summed E-state index contributed by atoms with van der Waals surface area (Å²) in [6.45, 7) is 4.18. The molecule has 2 heterocycles. The van der Waals surface area contributed by atoms with Crippen molar-refractivity contribution < 1.29 is 4.42 Å². The van der Waals surface area contributed by atoms with Crippen LogP contribution in [0.15, 0.2) is 9.64 Å². The Hall–Kier alpha value is -0.550. The van der Waals surface area contributed by atoms with E-state index in [-0.39, 0.29) is 0 Å². The van der Waals surface area contributed by atoms with Gasteiger partial charge in [-0.3, -0.25) is 0 Å². The quantitative estimate of drug-likeness (QED) is 0.796. The van der Waals surface area contributed by atoms with Crippen LogP contribution in [0.1, 0.15) is 25.2 Å². The number of thioether (sulfide) groups is 1. The van der Waals surface area contributed by atoms with Crippen LogP contribution in [0.5, 0.6) is 0 Å². The minimum absolute atomic E-state index is 0.650. The molecular formula is C10H17N3OS. The zero-order chi connectivity index (χ0) is 10.5. The molecule has 2 rings (SSSR count). The lowest BCUT2D eigenvalue weighted by Crippen LogP contribution is -2.29. The van der Waals surface area contributed by atoms with Gasteiger partial charge < -0.3 is 9.73 Å². The molecule has 1 fully saturated rings. The summed E-state index contributed by atoms with van der Waals surface area (Å²) in [6, 6.07) is 0. The summed E-state index contributed by atoms with van der Waals surface area (Å²) in [5.41, 5.74) is 0. The molecule has 1 aromatic rings. The highest BCUT2D eigenvalue weighted by Crippen LogP contribution is 2.21. The van der Waals surface area contributed by atoms with Crippen molar-refractivity contribution in [2.24, 2.45) is 5.92 Å². The Morgan fingerprint density at radius 1 is 1.53 bits per heavy atom. The molecule has 1 atom stereocenters. The number of hydrogen-bond donors (Lipinski definition) is 1. The van der Waals surface area contributed by atoms with Crippen molar-refractivity contribution in [3.63, 3.8) is 0 Å². The van der Waals surface area contributed by atoms with E-state index >= 15 is 0 Å². The Labute approximate surface area is 94.2 Å². The summed E-state index contributed by atoms with van der Waals surface area (Å²) < 4.78 is 5.30. The van der Waals surface area contributed by atoms with E-state index in [9.17, 15) is 0 Å². The molecule has 0 spiro atoms. The zero-order valence-corrected chi connectivity index (χ0v) is 9.85. The lowest BCUT2D eigenvalue weighted by atomic mass is 9.97. The molecule has 0 radical (unpaired) electrons. The molecule has 1 unspecified atom stereocenters. The minimum atomic E-state index is 0.650. The van der Waals surface area contributed by atoms with E-state index < -0.39 is 0 Å². The van der Waals surface area contributed by atoms with Gasteiger partial charge >= 0.3 is 0 Å². The Bertz CT molecular complexity index is 297. The van der Waals surface area contributed by atoms with Gasteiger partial charge in [0.05, 0.1) is 0 Å². The molecule has 0 bridgehead atoms. The van der Waals surface area contributed by atoms with Gasteiger partial charge in [0.1, 0.15) is 0 Å². The summed E-state index contributed by atoms with van der Waals surface area (Å²) in [6.07, 6.45) is 3.91. The first kappa shape index (κ1) is 11.0. The number of hydrogen-bond acceptors (Lipinski definition) is 5. The number of nitrogens with one attached hydrogen (secondary N) is 1. The molecule has 4 nitrogen and oxygen atoms in total. The van der Waals surface area contributed by atoms with Gasteiger partial charge in [-0.1, -0.05) is 11.8 Å². The lowest BCUT2D eigenvalue weighted by Gasteiger charge is -2.21. The van der Waals surface area contributed by atoms with E-state index in [4.69, 9.17) is 4.42 Å². The Kier molecular flexibility index (Phi) is 4.02. The molecule has 1 aliphatic heterocycles. The number of rotatable bonds is 4. The largest absolute Gasteiger partial charge is 0.416 e. The molecule has 0 amide bonds. The Balaban J connectivity index is 1.65. The fraction of sp³-hybridized carbons (Fsp3) is 0.800. The van der Waals surface area contributed by atoms with Gasteiger partial charge in [0.25, 0.3) is 5.22 Å². The van der Waals surface area contributed by atoms with E-state index in [0.717, 1.165) is 11.7 Å². The van der Waals surface area contributed by atoms with Crippen LogP contribution >= 0.6 is 11.8 Å². The molecule has 1 aliphatic rings. The second kappa shape index (κ2) is 5.51. The van der Waals surface area contributed by atoms with Crippen molar-refractivity contribution in [1.29, 1.82) is 0 Å². The first-order valence-corrected chi connectivity index (χ1v) is 6.47. The fourth-order valence-electron chi connectivity index (χ4n) is 1.82. The predicted molar refractivity (Wildman–Crippen MR) is 60.0 cm³/mol.